The van der Waals surface area contributed by atoms with E-state index in [1.807, 2.05) is 6.07 Å². The average molecular weight is 233 g/mol. The van der Waals surface area contributed by atoms with E-state index in [4.69, 9.17) is 5.26 Å². The highest BCUT2D eigenvalue weighted by Crippen LogP contribution is 2.14. The molecule has 0 saturated carbocycles. The molecular weight excluding hydrogens is 217 g/mol. The van der Waals surface area contributed by atoms with Gasteiger partial charge < -0.3 is 10.6 Å². The van der Waals surface area contributed by atoms with Crippen LogP contribution in [0.1, 0.15) is 24.8 Å². The highest BCUT2D eigenvalue weighted by Gasteiger charge is 2.12. The number of rotatable bonds is 4. The molecular formula is C13H16FN3. The van der Waals surface area contributed by atoms with Gasteiger partial charge in [0, 0.05) is 18.3 Å². The van der Waals surface area contributed by atoms with Crippen molar-refractivity contribution in [2.45, 2.75) is 25.3 Å². The Morgan fingerprint density at radius 3 is 3.06 bits per heavy atom. The second kappa shape index (κ2) is 5.65. The smallest absolute Gasteiger partial charge is 0.126 e. The van der Waals surface area contributed by atoms with Crippen molar-refractivity contribution in [1.29, 1.82) is 5.26 Å². The van der Waals surface area contributed by atoms with E-state index in [2.05, 4.69) is 10.6 Å². The Hall–Kier alpha value is -1.60. The standard InChI is InChI=1S/C13H16FN3/c14-11-6-10(9-15)7-13(8-11)17-5-3-12-2-1-4-16-12/h6-8,12,16-17H,1-5H2/t12-/m0/s1. The lowest BCUT2D eigenvalue weighted by Crippen LogP contribution is -2.24. The van der Waals surface area contributed by atoms with Gasteiger partial charge in [-0.25, -0.2) is 4.39 Å². The highest BCUT2D eigenvalue weighted by molar-refractivity contribution is 5.49. The maximum atomic E-state index is 13.1. The van der Waals surface area contributed by atoms with Gasteiger partial charge in [-0.2, -0.15) is 5.26 Å². The van der Waals surface area contributed by atoms with Gasteiger partial charge >= 0.3 is 0 Å². The third-order valence-electron chi connectivity index (χ3n) is 3.01. The van der Waals surface area contributed by atoms with Gasteiger partial charge in [-0.3, -0.25) is 0 Å². The molecule has 3 nitrogen and oxygen atoms in total. The number of anilines is 1. The van der Waals surface area contributed by atoms with Crippen molar-refractivity contribution in [2.75, 3.05) is 18.4 Å². The van der Waals surface area contributed by atoms with Crippen molar-refractivity contribution in [3.8, 4) is 6.07 Å². The summed E-state index contributed by atoms with van der Waals surface area (Å²) in [6.45, 7) is 1.90. The Labute approximate surface area is 101 Å². The first-order chi connectivity index (χ1) is 8.28. The summed E-state index contributed by atoms with van der Waals surface area (Å²) >= 11 is 0. The van der Waals surface area contributed by atoms with Crippen molar-refractivity contribution < 1.29 is 4.39 Å². The lowest BCUT2D eigenvalue weighted by Gasteiger charge is -2.11. The molecule has 0 unspecified atom stereocenters. The summed E-state index contributed by atoms with van der Waals surface area (Å²) < 4.78 is 13.1. The zero-order chi connectivity index (χ0) is 12.1. The van der Waals surface area contributed by atoms with E-state index >= 15 is 0 Å². The van der Waals surface area contributed by atoms with E-state index in [1.165, 1.54) is 25.0 Å². The molecule has 1 aliphatic heterocycles. The fourth-order valence-electron chi connectivity index (χ4n) is 2.15. The summed E-state index contributed by atoms with van der Waals surface area (Å²) in [4.78, 5) is 0. The van der Waals surface area contributed by atoms with Gasteiger partial charge in [0.05, 0.1) is 11.6 Å². The predicted molar refractivity (Wildman–Crippen MR) is 65.2 cm³/mol. The molecule has 17 heavy (non-hydrogen) atoms. The van der Waals surface area contributed by atoms with Crippen molar-refractivity contribution in [3.05, 3.63) is 29.6 Å². The van der Waals surface area contributed by atoms with Crippen LogP contribution in [-0.2, 0) is 0 Å². The number of hydrogen-bond donors (Lipinski definition) is 2. The Balaban J connectivity index is 1.85. The quantitative estimate of drug-likeness (QED) is 0.838. The van der Waals surface area contributed by atoms with Crippen molar-refractivity contribution in [1.82, 2.24) is 5.32 Å². The van der Waals surface area contributed by atoms with Crippen LogP contribution < -0.4 is 10.6 Å². The van der Waals surface area contributed by atoms with E-state index in [0.717, 1.165) is 19.5 Å². The molecule has 0 aliphatic carbocycles. The molecule has 0 radical (unpaired) electrons. The van der Waals surface area contributed by atoms with Crippen LogP contribution in [0.4, 0.5) is 10.1 Å². The molecule has 1 heterocycles. The normalized spacial score (nSPS) is 18.9. The van der Waals surface area contributed by atoms with Crippen LogP contribution in [0, 0.1) is 17.1 Å². The zero-order valence-electron chi connectivity index (χ0n) is 9.67. The number of nitrogens with zero attached hydrogens (tertiary/aromatic N) is 1. The minimum absolute atomic E-state index is 0.353. The first-order valence-electron chi connectivity index (χ1n) is 5.96. The van der Waals surface area contributed by atoms with E-state index in [1.54, 1.807) is 6.07 Å². The zero-order valence-corrected chi connectivity index (χ0v) is 9.67. The molecule has 1 atom stereocenters. The second-order valence-electron chi connectivity index (χ2n) is 4.35. The number of benzene rings is 1. The van der Waals surface area contributed by atoms with Crippen LogP contribution in [0.15, 0.2) is 18.2 Å². The molecule has 2 rings (SSSR count). The first-order valence-corrected chi connectivity index (χ1v) is 5.96. The molecule has 1 aromatic rings. The minimum atomic E-state index is -0.370. The fraction of sp³-hybridized carbons (Fsp3) is 0.462. The van der Waals surface area contributed by atoms with Crippen molar-refractivity contribution in [2.24, 2.45) is 0 Å². The van der Waals surface area contributed by atoms with Gasteiger partial charge in [0.1, 0.15) is 5.82 Å². The van der Waals surface area contributed by atoms with Gasteiger partial charge in [0.15, 0.2) is 0 Å². The van der Waals surface area contributed by atoms with Crippen LogP contribution in [-0.4, -0.2) is 19.1 Å². The second-order valence-corrected chi connectivity index (χ2v) is 4.35. The summed E-state index contributed by atoms with van der Waals surface area (Å²) in [5, 5.41) is 15.3. The van der Waals surface area contributed by atoms with Crippen LogP contribution >= 0.6 is 0 Å². The monoisotopic (exact) mass is 233 g/mol. The van der Waals surface area contributed by atoms with Gasteiger partial charge in [0.25, 0.3) is 0 Å². The third-order valence-corrected chi connectivity index (χ3v) is 3.01. The molecule has 0 spiro atoms. The maximum Gasteiger partial charge on any atom is 0.126 e. The fourth-order valence-corrected chi connectivity index (χ4v) is 2.15. The largest absolute Gasteiger partial charge is 0.385 e. The van der Waals surface area contributed by atoms with Crippen molar-refractivity contribution >= 4 is 5.69 Å². The number of nitriles is 1. The molecule has 1 fully saturated rings. The van der Waals surface area contributed by atoms with Gasteiger partial charge in [0.2, 0.25) is 0 Å². The minimum Gasteiger partial charge on any atom is -0.385 e. The number of halogens is 1. The topological polar surface area (TPSA) is 47.9 Å². The maximum absolute atomic E-state index is 13.1. The summed E-state index contributed by atoms with van der Waals surface area (Å²) in [7, 11) is 0. The van der Waals surface area contributed by atoms with Crippen LogP contribution in [0.3, 0.4) is 0 Å². The molecule has 1 aromatic carbocycles. The Kier molecular flexibility index (Phi) is 3.94. The van der Waals surface area contributed by atoms with E-state index in [0.29, 0.717) is 17.3 Å². The Morgan fingerprint density at radius 1 is 1.47 bits per heavy atom. The average Bonchev–Trinajstić information content (AvgIpc) is 2.81. The van der Waals surface area contributed by atoms with Crippen LogP contribution in [0.2, 0.25) is 0 Å². The van der Waals surface area contributed by atoms with Crippen LogP contribution in [0.25, 0.3) is 0 Å². The van der Waals surface area contributed by atoms with Crippen molar-refractivity contribution in [3.63, 3.8) is 0 Å². The lowest BCUT2D eigenvalue weighted by atomic mass is 10.1. The molecule has 0 aromatic heterocycles. The van der Waals surface area contributed by atoms with E-state index in [9.17, 15) is 4.39 Å². The molecule has 0 bridgehead atoms. The molecule has 1 saturated heterocycles. The summed E-state index contributed by atoms with van der Waals surface area (Å²) in [6, 6.07) is 6.85. The molecule has 4 heteroatoms. The molecule has 0 amide bonds. The summed E-state index contributed by atoms with van der Waals surface area (Å²) in [5.74, 6) is -0.370. The number of nitrogens with one attached hydrogen (secondary N) is 2. The van der Waals surface area contributed by atoms with Gasteiger partial charge in [-0.05, 0) is 44.0 Å². The van der Waals surface area contributed by atoms with Crippen LogP contribution in [0.5, 0.6) is 0 Å². The molecule has 1 aliphatic rings. The molecule has 90 valence electrons. The predicted octanol–water partition coefficient (Wildman–Crippen LogP) is 2.25. The Bertz CT molecular complexity index is 419. The lowest BCUT2D eigenvalue weighted by molar-refractivity contribution is 0.574. The first kappa shape index (κ1) is 11.9. The molecule has 2 N–H and O–H groups in total. The Morgan fingerprint density at radius 2 is 2.35 bits per heavy atom. The van der Waals surface area contributed by atoms with Gasteiger partial charge in [-0.15, -0.1) is 0 Å². The summed E-state index contributed by atoms with van der Waals surface area (Å²) in [5.41, 5.74) is 1.03. The highest BCUT2D eigenvalue weighted by atomic mass is 19.1. The summed E-state index contributed by atoms with van der Waals surface area (Å²) in [6.07, 6.45) is 3.48. The van der Waals surface area contributed by atoms with Gasteiger partial charge in [-0.1, -0.05) is 0 Å². The number of hydrogen-bond acceptors (Lipinski definition) is 3. The SMILES string of the molecule is N#Cc1cc(F)cc(NCC[C@@H]2CCCN2)c1. The van der Waals surface area contributed by atoms with E-state index in [-0.39, 0.29) is 5.82 Å². The third kappa shape index (κ3) is 3.43. The van der Waals surface area contributed by atoms with E-state index < -0.39 is 0 Å².